The van der Waals surface area contributed by atoms with Crippen molar-refractivity contribution in [2.45, 2.75) is 36.7 Å². The Morgan fingerprint density at radius 3 is 1.81 bits per heavy atom. The van der Waals surface area contributed by atoms with Crippen LogP contribution in [0.25, 0.3) is 30.7 Å². The SMILES string of the molecule is CN1CCCc2cc([N-]Nc3nc(C#N)c(C#N)n3C)c([N-]OOSC(F)(F)F)cc21.[C-]#[N+]c1nc(N[N-]c2cc3c(cc2[N-]S(=O)(=O)C(F)(F)F)N(C)CCC3)n(C)c1[N+]#[C-].[Ni]. The minimum absolute atomic E-state index is 0. The number of sulfonamides is 1. The molecule has 338 valence electrons. The number of aromatic nitrogens is 4. The Kier molecular flexibility index (Phi) is 15.7. The number of hydrogen-bond donors (Lipinski definition) is 2. The molecule has 0 saturated heterocycles. The Bertz CT molecular complexity index is 2610. The Morgan fingerprint density at radius 2 is 1.35 bits per heavy atom. The van der Waals surface area contributed by atoms with E-state index < -0.39 is 38.8 Å². The van der Waals surface area contributed by atoms with Crippen molar-refractivity contribution >= 4 is 79.7 Å². The summed E-state index contributed by atoms with van der Waals surface area (Å²) in [6, 6.07) is 9.73. The Balaban J connectivity index is 0.000000272. The Labute approximate surface area is 370 Å². The van der Waals surface area contributed by atoms with Crippen molar-refractivity contribution in [3.8, 4) is 12.1 Å². The topological polar surface area (TPSA) is 231 Å². The fourth-order valence-corrected chi connectivity index (χ4v) is 6.65. The molecule has 6 rings (SSSR count). The molecule has 2 aromatic heterocycles. The van der Waals surface area contributed by atoms with Crippen LogP contribution in [-0.4, -0.2) is 65.7 Å². The first-order valence-corrected chi connectivity index (χ1v) is 19.6. The quantitative estimate of drug-likeness (QED) is 0.0257. The van der Waals surface area contributed by atoms with Crippen LogP contribution < -0.4 is 20.7 Å². The summed E-state index contributed by atoms with van der Waals surface area (Å²) in [5, 5.41) is 18.2. The van der Waals surface area contributed by atoms with Crippen molar-refractivity contribution in [3.05, 3.63) is 90.7 Å². The third kappa shape index (κ3) is 11.5. The molecule has 63 heavy (non-hydrogen) atoms. The zero-order valence-corrected chi connectivity index (χ0v) is 35.5. The summed E-state index contributed by atoms with van der Waals surface area (Å²) in [7, 11) is 0.803. The van der Waals surface area contributed by atoms with Crippen molar-refractivity contribution < 1.29 is 60.6 Å². The fourth-order valence-electron chi connectivity index (χ4n) is 6.00. The van der Waals surface area contributed by atoms with Gasteiger partial charge in [-0.25, -0.2) is 13.4 Å². The standard InChI is InChI=1S/2C17H15F3N8O2S.Ni/c1-21-14-15(22-2)28(4)16(23-14)25-24-11-8-10-6-5-7-27(3)13(10)9-12(11)26-31(29,30)17(18,19)20;1-27-5-3-4-10-6-11(12(7-14(10)27)26-29-30-31-17(18,19)20)24-25-16-23-13(8-21)15(9-22)28(16)2;/h8-9H,5-7H2,3-4H3,(H,23,25);6-7H,3-5H2,1-2H3,(H,23,25);/q2*-2;. The van der Waals surface area contributed by atoms with Crippen LogP contribution in [0.1, 0.15) is 35.4 Å². The van der Waals surface area contributed by atoms with Gasteiger partial charge in [0.15, 0.2) is 27.4 Å². The van der Waals surface area contributed by atoms with Crippen LogP contribution >= 0.6 is 12.0 Å². The summed E-state index contributed by atoms with van der Waals surface area (Å²) in [4.78, 5) is 22.4. The number of anilines is 4. The summed E-state index contributed by atoms with van der Waals surface area (Å²) in [6.45, 7) is 15.6. The van der Waals surface area contributed by atoms with Gasteiger partial charge in [-0.2, -0.15) is 41.2 Å². The van der Waals surface area contributed by atoms with Gasteiger partial charge in [0.05, 0.1) is 7.05 Å². The minimum Gasteiger partial charge on any atom is -0.596 e. The first-order valence-electron chi connectivity index (χ1n) is 17.4. The van der Waals surface area contributed by atoms with Crippen LogP contribution in [0.2, 0.25) is 0 Å². The molecule has 20 nitrogen and oxygen atoms in total. The monoisotopic (exact) mass is 962 g/mol. The third-order valence-electron chi connectivity index (χ3n) is 8.98. The van der Waals surface area contributed by atoms with Crippen molar-refractivity contribution in [1.29, 1.82) is 10.5 Å². The Morgan fingerprint density at radius 1 is 0.810 bits per heavy atom. The molecule has 0 spiro atoms. The molecule has 4 aromatic rings. The number of imidazole rings is 2. The number of nitriles is 2. The maximum Gasteiger partial charge on any atom is 0.483 e. The summed E-state index contributed by atoms with van der Waals surface area (Å²) >= 11 is -0.838. The number of alkyl halides is 6. The predicted molar refractivity (Wildman–Crippen MR) is 215 cm³/mol. The first kappa shape index (κ1) is 49.2. The summed E-state index contributed by atoms with van der Waals surface area (Å²) < 4.78 is 108. The van der Waals surface area contributed by atoms with Gasteiger partial charge >= 0.3 is 17.0 Å². The molecule has 2 N–H and O–H groups in total. The molecule has 29 heteroatoms. The Hall–Kier alpha value is -6.49. The normalized spacial score (nSPS) is 13.2. The average molecular weight is 964 g/mol. The van der Waals surface area contributed by atoms with Crippen LogP contribution in [0, 0.1) is 35.8 Å². The zero-order chi connectivity index (χ0) is 45.6. The molecule has 0 bridgehead atoms. The van der Waals surface area contributed by atoms with Crippen LogP contribution in [0.4, 0.5) is 84.0 Å². The number of aryl methyl sites for hydroxylation is 2. The van der Waals surface area contributed by atoms with Crippen LogP contribution in [0.3, 0.4) is 0 Å². The molecule has 0 unspecified atom stereocenters. The van der Waals surface area contributed by atoms with Crippen molar-refractivity contribution in [1.82, 2.24) is 19.1 Å². The van der Waals surface area contributed by atoms with Crippen LogP contribution in [0.15, 0.2) is 24.3 Å². The second-order valence-electron chi connectivity index (χ2n) is 13.0. The second kappa shape index (κ2) is 20.1. The van der Waals surface area contributed by atoms with Gasteiger partial charge in [0, 0.05) is 62.1 Å². The fraction of sp³-hybridized carbons (Fsp3) is 0.353. The molecule has 0 amide bonds. The van der Waals surface area contributed by atoms with Gasteiger partial charge in [0.25, 0.3) is 11.6 Å². The third-order valence-corrected chi connectivity index (χ3v) is 10.3. The van der Waals surface area contributed by atoms with Crippen LogP contribution in [0.5, 0.6) is 0 Å². The molecule has 4 heterocycles. The molecule has 0 aliphatic carbocycles. The molecule has 2 aliphatic rings. The molecule has 0 fully saturated rings. The van der Waals surface area contributed by atoms with Gasteiger partial charge in [-0.1, -0.05) is 42.4 Å². The minimum atomic E-state index is -5.80. The average Bonchev–Trinajstić information content (AvgIpc) is 3.70. The maximum absolute atomic E-state index is 12.9. The number of nitrogens with one attached hydrogen (secondary N) is 2. The zero-order valence-electron chi connectivity index (χ0n) is 32.8. The number of benzene rings is 2. The molecular formula is C34H30F6N16NiO4S2-4. The molecule has 0 radical (unpaired) electrons. The van der Waals surface area contributed by atoms with E-state index in [-0.39, 0.29) is 68.5 Å². The van der Waals surface area contributed by atoms with Crippen LogP contribution in [-0.2, 0) is 62.8 Å². The first-order chi connectivity index (χ1) is 29.2. The number of halogens is 6. The van der Waals surface area contributed by atoms with Gasteiger partial charge in [-0.3, -0.25) is 9.56 Å². The van der Waals surface area contributed by atoms with E-state index in [4.69, 9.17) is 23.7 Å². The summed E-state index contributed by atoms with van der Waals surface area (Å²) in [5.41, 5.74) is 9.52. The van der Waals surface area contributed by atoms with Gasteiger partial charge in [-0.15, -0.1) is 22.7 Å². The van der Waals surface area contributed by atoms with Gasteiger partial charge in [0.2, 0.25) is 0 Å². The van der Waals surface area contributed by atoms with E-state index in [1.807, 2.05) is 24.1 Å². The largest absolute Gasteiger partial charge is 0.596 e. The van der Waals surface area contributed by atoms with Gasteiger partial charge in [0.1, 0.15) is 24.2 Å². The number of nitrogens with zero attached hydrogens (tertiary/aromatic N) is 14. The van der Waals surface area contributed by atoms with E-state index >= 15 is 0 Å². The van der Waals surface area contributed by atoms with E-state index in [2.05, 4.69) is 60.9 Å². The number of rotatable bonds is 12. The molecule has 0 atom stereocenters. The van der Waals surface area contributed by atoms with E-state index in [9.17, 15) is 34.8 Å². The molecule has 2 aliphatic heterocycles. The second-order valence-corrected chi connectivity index (χ2v) is 15.4. The van der Waals surface area contributed by atoms with Gasteiger partial charge in [-0.05, 0) is 36.8 Å². The number of fused-ring (bicyclic) bond motifs is 2. The van der Waals surface area contributed by atoms with Crippen molar-refractivity contribution in [2.75, 3.05) is 47.8 Å². The summed E-state index contributed by atoms with van der Waals surface area (Å²) in [5.74, 6) is -0.119. The number of hydrogen-bond acceptors (Lipinski definition) is 13. The molecule has 0 saturated carbocycles. The van der Waals surface area contributed by atoms with Crippen molar-refractivity contribution in [3.63, 3.8) is 0 Å². The van der Waals surface area contributed by atoms with E-state index in [0.717, 1.165) is 42.6 Å². The smallest absolute Gasteiger partial charge is 0.483 e. The van der Waals surface area contributed by atoms with Gasteiger partial charge < -0.3 is 56.0 Å². The maximum atomic E-state index is 12.9. The van der Waals surface area contributed by atoms with E-state index in [1.54, 1.807) is 24.1 Å². The molecule has 2 aromatic carbocycles. The summed E-state index contributed by atoms with van der Waals surface area (Å²) in [6.07, 6.45) is 3.13. The predicted octanol–water partition coefficient (Wildman–Crippen LogP) is 9.40. The van der Waals surface area contributed by atoms with Crippen molar-refractivity contribution in [2.24, 2.45) is 14.1 Å². The van der Waals surface area contributed by atoms with E-state index in [1.165, 1.54) is 35.4 Å². The van der Waals surface area contributed by atoms with E-state index in [0.29, 0.717) is 18.7 Å². The molecular weight excluding hydrogens is 933 g/mol.